The highest BCUT2D eigenvalue weighted by atomic mass is 79.9. The zero-order chi connectivity index (χ0) is 9.14. The molecule has 12 heavy (non-hydrogen) atoms. The molecule has 1 aromatic carbocycles. The third-order valence-corrected chi connectivity index (χ3v) is 1.97. The van der Waals surface area contributed by atoms with Crippen LogP contribution in [0.5, 0.6) is 0 Å². The van der Waals surface area contributed by atoms with Gasteiger partial charge in [0, 0.05) is 10.0 Å². The van der Waals surface area contributed by atoms with Crippen molar-refractivity contribution in [1.82, 2.24) is 0 Å². The lowest BCUT2D eigenvalue weighted by Gasteiger charge is -1.98. The number of hydrogen-bond acceptors (Lipinski definition) is 2. The number of rotatable bonds is 1. The number of ketones is 1. The molecule has 0 aliphatic carbocycles. The molecule has 0 aliphatic rings. The molecule has 60 valence electrons. The average molecular weight is 224 g/mol. The Morgan fingerprint density at radius 3 is 2.75 bits per heavy atom. The molecule has 0 aromatic heterocycles. The number of nitrogens with zero attached hydrogens (tertiary/aromatic N) is 1. The Morgan fingerprint density at radius 2 is 2.25 bits per heavy atom. The Hall–Kier alpha value is -1.14. The number of Topliss-reactive ketones (excluding diaryl/α,β-unsaturated/α-hetero) is 1. The van der Waals surface area contributed by atoms with Crippen molar-refractivity contribution in [2.75, 3.05) is 0 Å². The highest BCUT2D eigenvalue weighted by molar-refractivity contribution is 9.10. The van der Waals surface area contributed by atoms with E-state index in [-0.39, 0.29) is 5.78 Å². The number of carbonyl (C=O) groups excluding carboxylic acids is 1. The number of halogens is 1. The fourth-order valence-electron chi connectivity index (χ4n) is 0.905. The van der Waals surface area contributed by atoms with E-state index in [0.717, 1.165) is 4.47 Å². The van der Waals surface area contributed by atoms with Gasteiger partial charge in [-0.25, -0.2) is 0 Å². The third kappa shape index (κ3) is 1.72. The SMILES string of the molecule is CC(=O)c1cc(Br)ccc1C#N. The molecule has 0 amide bonds. The van der Waals surface area contributed by atoms with E-state index in [4.69, 9.17) is 5.26 Å². The third-order valence-electron chi connectivity index (χ3n) is 1.48. The second-order valence-corrected chi connectivity index (χ2v) is 3.27. The van der Waals surface area contributed by atoms with Crippen LogP contribution in [0.15, 0.2) is 22.7 Å². The van der Waals surface area contributed by atoms with E-state index in [0.29, 0.717) is 11.1 Å². The van der Waals surface area contributed by atoms with E-state index in [1.807, 2.05) is 6.07 Å². The Balaban J connectivity index is 3.34. The van der Waals surface area contributed by atoms with Crippen LogP contribution in [-0.2, 0) is 0 Å². The molecule has 0 bridgehead atoms. The van der Waals surface area contributed by atoms with Gasteiger partial charge in [-0.1, -0.05) is 15.9 Å². The minimum atomic E-state index is -0.0900. The molecule has 3 heteroatoms. The molecular formula is C9H6BrNO. The molecule has 1 aromatic rings. The summed E-state index contributed by atoms with van der Waals surface area (Å²) in [5.41, 5.74) is 0.887. The van der Waals surface area contributed by atoms with Crippen molar-refractivity contribution in [1.29, 1.82) is 5.26 Å². The van der Waals surface area contributed by atoms with Gasteiger partial charge in [0.2, 0.25) is 0 Å². The molecule has 0 unspecified atom stereocenters. The van der Waals surface area contributed by atoms with Crippen LogP contribution in [0.25, 0.3) is 0 Å². The zero-order valence-electron chi connectivity index (χ0n) is 6.47. The maximum Gasteiger partial charge on any atom is 0.161 e. The summed E-state index contributed by atoms with van der Waals surface area (Å²) in [7, 11) is 0. The Bertz CT molecular complexity index is 365. The van der Waals surface area contributed by atoms with Crippen molar-refractivity contribution in [3.05, 3.63) is 33.8 Å². The summed E-state index contributed by atoms with van der Waals surface area (Å²) in [6.45, 7) is 1.45. The summed E-state index contributed by atoms with van der Waals surface area (Å²) in [5.74, 6) is -0.0900. The van der Waals surface area contributed by atoms with Gasteiger partial charge < -0.3 is 0 Å². The molecular weight excluding hydrogens is 218 g/mol. The fourth-order valence-corrected chi connectivity index (χ4v) is 1.27. The molecule has 2 nitrogen and oxygen atoms in total. The first-order valence-corrected chi connectivity index (χ1v) is 4.15. The van der Waals surface area contributed by atoms with Crippen LogP contribution in [0.2, 0.25) is 0 Å². The molecule has 0 spiro atoms. The lowest BCUT2D eigenvalue weighted by molar-refractivity contribution is 0.101. The molecule has 0 saturated heterocycles. The highest BCUT2D eigenvalue weighted by Crippen LogP contribution is 2.16. The fraction of sp³-hybridized carbons (Fsp3) is 0.111. The zero-order valence-corrected chi connectivity index (χ0v) is 8.05. The predicted octanol–water partition coefficient (Wildman–Crippen LogP) is 2.52. The smallest absolute Gasteiger partial charge is 0.161 e. The molecule has 0 heterocycles. The molecule has 1 rings (SSSR count). The van der Waals surface area contributed by atoms with Gasteiger partial charge in [0.25, 0.3) is 0 Å². The van der Waals surface area contributed by atoms with Gasteiger partial charge in [0.15, 0.2) is 5.78 Å². The molecule has 0 aliphatic heterocycles. The first kappa shape index (κ1) is 8.95. The van der Waals surface area contributed by atoms with Gasteiger partial charge in [-0.2, -0.15) is 5.26 Å². The van der Waals surface area contributed by atoms with Gasteiger partial charge >= 0.3 is 0 Å². The molecule has 0 saturated carbocycles. The summed E-state index contributed by atoms with van der Waals surface area (Å²) in [6.07, 6.45) is 0. The van der Waals surface area contributed by atoms with E-state index < -0.39 is 0 Å². The number of nitriles is 1. The quantitative estimate of drug-likeness (QED) is 0.687. The lowest BCUT2D eigenvalue weighted by atomic mass is 10.1. The van der Waals surface area contributed by atoms with E-state index in [2.05, 4.69) is 15.9 Å². The van der Waals surface area contributed by atoms with E-state index in [1.54, 1.807) is 18.2 Å². The predicted molar refractivity (Wildman–Crippen MR) is 48.9 cm³/mol. The maximum absolute atomic E-state index is 11.0. The summed E-state index contributed by atoms with van der Waals surface area (Å²) < 4.78 is 0.812. The lowest BCUT2D eigenvalue weighted by Crippen LogP contribution is -1.95. The van der Waals surface area contributed by atoms with Crippen LogP contribution in [0.4, 0.5) is 0 Å². The van der Waals surface area contributed by atoms with Gasteiger partial charge in [-0.05, 0) is 25.1 Å². The minimum absolute atomic E-state index is 0.0900. The normalized spacial score (nSPS) is 9.08. The summed E-state index contributed by atoms with van der Waals surface area (Å²) in [5, 5.41) is 8.64. The number of benzene rings is 1. The summed E-state index contributed by atoms with van der Waals surface area (Å²) in [4.78, 5) is 11.0. The first-order valence-electron chi connectivity index (χ1n) is 3.35. The van der Waals surface area contributed by atoms with E-state index >= 15 is 0 Å². The molecule has 0 atom stereocenters. The van der Waals surface area contributed by atoms with Gasteiger partial charge in [-0.15, -0.1) is 0 Å². The first-order chi connectivity index (χ1) is 5.65. The monoisotopic (exact) mass is 223 g/mol. The second kappa shape index (κ2) is 3.51. The summed E-state index contributed by atoms with van der Waals surface area (Å²) in [6, 6.07) is 6.98. The average Bonchev–Trinajstić information content (AvgIpc) is 2.04. The van der Waals surface area contributed by atoms with Gasteiger partial charge in [0.05, 0.1) is 11.6 Å². The van der Waals surface area contributed by atoms with Crippen molar-refractivity contribution in [2.45, 2.75) is 6.92 Å². The van der Waals surface area contributed by atoms with Crippen LogP contribution in [0.1, 0.15) is 22.8 Å². The second-order valence-electron chi connectivity index (χ2n) is 2.36. The molecule has 0 radical (unpaired) electrons. The van der Waals surface area contributed by atoms with Crippen molar-refractivity contribution in [3.63, 3.8) is 0 Å². The highest BCUT2D eigenvalue weighted by Gasteiger charge is 2.06. The standard InChI is InChI=1S/C9H6BrNO/c1-6(12)9-4-8(10)3-2-7(9)5-11/h2-4H,1H3. The van der Waals surface area contributed by atoms with Gasteiger partial charge in [0.1, 0.15) is 0 Å². The van der Waals surface area contributed by atoms with Crippen molar-refractivity contribution in [3.8, 4) is 6.07 Å². The Labute approximate surface area is 78.9 Å². The van der Waals surface area contributed by atoms with Crippen LogP contribution in [0.3, 0.4) is 0 Å². The van der Waals surface area contributed by atoms with E-state index in [9.17, 15) is 4.79 Å². The maximum atomic E-state index is 11.0. The number of hydrogen-bond donors (Lipinski definition) is 0. The van der Waals surface area contributed by atoms with E-state index in [1.165, 1.54) is 6.92 Å². The number of carbonyl (C=O) groups is 1. The topological polar surface area (TPSA) is 40.9 Å². The minimum Gasteiger partial charge on any atom is -0.294 e. The van der Waals surface area contributed by atoms with Crippen LogP contribution >= 0.6 is 15.9 Å². The Kier molecular flexibility index (Phi) is 2.61. The van der Waals surface area contributed by atoms with Crippen LogP contribution < -0.4 is 0 Å². The van der Waals surface area contributed by atoms with Crippen molar-refractivity contribution in [2.24, 2.45) is 0 Å². The van der Waals surface area contributed by atoms with Crippen LogP contribution in [-0.4, -0.2) is 5.78 Å². The van der Waals surface area contributed by atoms with Crippen molar-refractivity contribution >= 4 is 21.7 Å². The molecule has 0 fully saturated rings. The van der Waals surface area contributed by atoms with Crippen molar-refractivity contribution < 1.29 is 4.79 Å². The molecule has 0 N–H and O–H groups in total. The summed E-state index contributed by atoms with van der Waals surface area (Å²) >= 11 is 3.23. The largest absolute Gasteiger partial charge is 0.294 e. The van der Waals surface area contributed by atoms with Gasteiger partial charge in [-0.3, -0.25) is 4.79 Å². The Morgan fingerprint density at radius 1 is 1.58 bits per heavy atom. The van der Waals surface area contributed by atoms with Crippen LogP contribution in [0, 0.1) is 11.3 Å².